The molecular weight excluding hydrogens is 284 g/mol. The van der Waals surface area contributed by atoms with Gasteiger partial charge in [0.2, 0.25) is 0 Å². The number of phenols is 2. The number of phenolic OH excluding ortho intramolecular Hbond substituents is 2. The Labute approximate surface area is 126 Å². The molecule has 0 spiro atoms. The summed E-state index contributed by atoms with van der Waals surface area (Å²) in [6, 6.07) is 10.6. The number of benzene rings is 2. The van der Waals surface area contributed by atoms with Crippen molar-refractivity contribution in [2.24, 2.45) is 5.73 Å². The summed E-state index contributed by atoms with van der Waals surface area (Å²) < 4.78 is 1.13. The Morgan fingerprint density at radius 3 is 2.71 bits per heavy atom. The molecule has 5 heteroatoms. The predicted octanol–water partition coefficient (Wildman–Crippen LogP) is 3.26. The van der Waals surface area contributed by atoms with Crippen molar-refractivity contribution in [3.63, 3.8) is 0 Å². The molecule has 3 rings (SSSR count). The maximum Gasteiger partial charge on any atom is 0.157 e. The minimum atomic E-state index is -0.231. The molecule has 4 N–H and O–H groups in total. The van der Waals surface area contributed by atoms with Crippen LogP contribution in [0.3, 0.4) is 0 Å². The van der Waals surface area contributed by atoms with Crippen molar-refractivity contribution in [3.05, 3.63) is 52.5 Å². The number of para-hydroxylation sites is 1. The Kier molecular flexibility index (Phi) is 3.53. The molecule has 21 heavy (non-hydrogen) atoms. The van der Waals surface area contributed by atoms with Gasteiger partial charge in [-0.3, -0.25) is 0 Å². The van der Waals surface area contributed by atoms with Gasteiger partial charge >= 0.3 is 0 Å². The second-order valence-electron chi connectivity index (χ2n) is 5.11. The summed E-state index contributed by atoms with van der Waals surface area (Å²) >= 11 is 1.60. The lowest BCUT2D eigenvalue weighted by atomic mass is 10.1. The molecule has 108 valence electrons. The number of aromatic hydroxyl groups is 2. The SMILES string of the molecule is Cc1cccc2sc(C(N)Cc3ccc(O)c(O)c3)nc12. The van der Waals surface area contributed by atoms with Crippen molar-refractivity contribution in [2.45, 2.75) is 19.4 Å². The number of aromatic nitrogens is 1. The number of nitrogens with zero attached hydrogens (tertiary/aromatic N) is 1. The van der Waals surface area contributed by atoms with Gasteiger partial charge in [-0.05, 0) is 42.7 Å². The average molecular weight is 300 g/mol. The monoisotopic (exact) mass is 300 g/mol. The van der Waals surface area contributed by atoms with Crippen LogP contribution < -0.4 is 5.73 Å². The minimum absolute atomic E-state index is 0.122. The first-order valence-corrected chi connectivity index (χ1v) is 7.49. The first kappa shape index (κ1) is 13.9. The molecule has 0 fully saturated rings. The molecule has 0 radical (unpaired) electrons. The van der Waals surface area contributed by atoms with E-state index in [1.165, 1.54) is 12.1 Å². The van der Waals surface area contributed by atoms with Crippen molar-refractivity contribution < 1.29 is 10.2 Å². The largest absolute Gasteiger partial charge is 0.504 e. The van der Waals surface area contributed by atoms with Gasteiger partial charge < -0.3 is 15.9 Å². The first-order chi connectivity index (χ1) is 10.0. The van der Waals surface area contributed by atoms with Crippen molar-refractivity contribution in [3.8, 4) is 11.5 Å². The molecule has 1 heterocycles. The molecular formula is C16H16N2O2S. The Morgan fingerprint density at radius 2 is 2.00 bits per heavy atom. The van der Waals surface area contributed by atoms with Crippen molar-refractivity contribution in [1.82, 2.24) is 4.98 Å². The number of fused-ring (bicyclic) bond motifs is 1. The van der Waals surface area contributed by atoms with E-state index >= 15 is 0 Å². The van der Waals surface area contributed by atoms with Gasteiger partial charge in [0.1, 0.15) is 5.01 Å². The molecule has 0 aliphatic heterocycles. The topological polar surface area (TPSA) is 79.4 Å². The van der Waals surface area contributed by atoms with Gasteiger partial charge in [0.25, 0.3) is 0 Å². The van der Waals surface area contributed by atoms with E-state index in [0.717, 1.165) is 26.4 Å². The fourth-order valence-electron chi connectivity index (χ4n) is 2.30. The summed E-state index contributed by atoms with van der Waals surface area (Å²) in [6.07, 6.45) is 0.562. The van der Waals surface area contributed by atoms with Crippen LogP contribution in [0.15, 0.2) is 36.4 Å². The molecule has 4 nitrogen and oxygen atoms in total. The molecule has 0 bridgehead atoms. The minimum Gasteiger partial charge on any atom is -0.504 e. The zero-order chi connectivity index (χ0) is 15.0. The third kappa shape index (κ3) is 2.70. The van der Waals surface area contributed by atoms with E-state index < -0.39 is 0 Å². The van der Waals surface area contributed by atoms with Crippen LogP contribution in [-0.2, 0) is 6.42 Å². The number of hydrogen-bond donors (Lipinski definition) is 3. The number of rotatable bonds is 3. The van der Waals surface area contributed by atoms with E-state index in [0.29, 0.717) is 6.42 Å². The highest BCUT2D eigenvalue weighted by molar-refractivity contribution is 7.18. The normalized spacial score (nSPS) is 12.7. The van der Waals surface area contributed by atoms with Gasteiger partial charge in [-0.1, -0.05) is 18.2 Å². The quantitative estimate of drug-likeness (QED) is 0.649. The van der Waals surface area contributed by atoms with Gasteiger partial charge in [-0.15, -0.1) is 11.3 Å². The summed E-state index contributed by atoms with van der Waals surface area (Å²) in [5.41, 5.74) is 9.25. The van der Waals surface area contributed by atoms with E-state index in [2.05, 4.69) is 4.98 Å². The van der Waals surface area contributed by atoms with Gasteiger partial charge in [-0.25, -0.2) is 4.98 Å². The van der Waals surface area contributed by atoms with Crippen LogP contribution in [0, 0.1) is 6.92 Å². The molecule has 1 aromatic heterocycles. The predicted molar refractivity (Wildman–Crippen MR) is 84.8 cm³/mol. The van der Waals surface area contributed by atoms with E-state index in [-0.39, 0.29) is 17.5 Å². The van der Waals surface area contributed by atoms with Crippen molar-refractivity contribution >= 4 is 21.6 Å². The van der Waals surface area contributed by atoms with E-state index in [1.54, 1.807) is 17.4 Å². The number of aryl methyl sites for hydroxylation is 1. The third-order valence-corrected chi connectivity index (χ3v) is 4.60. The smallest absolute Gasteiger partial charge is 0.157 e. The highest BCUT2D eigenvalue weighted by atomic mass is 32.1. The fraction of sp³-hybridized carbons (Fsp3) is 0.188. The van der Waals surface area contributed by atoms with Gasteiger partial charge in [0.05, 0.1) is 16.3 Å². The molecule has 3 aromatic rings. The van der Waals surface area contributed by atoms with Gasteiger partial charge in [-0.2, -0.15) is 0 Å². The zero-order valence-corrected chi connectivity index (χ0v) is 12.4. The lowest BCUT2D eigenvalue weighted by Crippen LogP contribution is -2.12. The lowest BCUT2D eigenvalue weighted by Gasteiger charge is -2.09. The van der Waals surface area contributed by atoms with Crippen LogP contribution in [0.5, 0.6) is 11.5 Å². The summed E-state index contributed by atoms with van der Waals surface area (Å²) in [5.74, 6) is -0.247. The Bertz CT molecular complexity index is 798. The Hall–Kier alpha value is -2.11. The number of thiazole rings is 1. The van der Waals surface area contributed by atoms with Crippen LogP contribution in [0.1, 0.15) is 22.2 Å². The third-order valence-electron chi connectivity index (χ3n) is 3.45. The highest BCUT2D eigenvalue weighted by Gasteiger charge is 2.14. The first-order valence-electron chi connectivity index (χ1n) is 6.67. The Balaban J connectivity index is 1.87. The standard InChI is InChI=1S/C16H16N2O2S/c1-9-3-2-4-14-15(9)18-16(21-14)11(17)7-10-5-6-12(19)13(20)8-10/h2-6,8,11,19-20H,7,17H2,1H3. The molecule has 0 saturated carbocycles. The number of hydrogen-bond acceptors (Lipinski definition) is 5. The maximum atomic E-state index is 9.53. The van der Waals surface area contributed by atoms with Crippen LogP contribution in [0.2, 0.25) is 0 Å². The number of nitrogens with two attached hydrogens (primary N) is 1. The van der Waals surface area contributed by atoms with Crippen LogP contribution >= 0.6 is 11.3 Å². The molecule has 0 aliphatic rings. The van der Waals surface area contributed by atoms with Crippen LogP contribution in [-0.4, -0.2) is 15.2 Å². The van der Waals surface area contributed by atoms with Gasteiger partial charge in [0.15, 0.2) is 11.5 Å². The average Bonchev–Trinajstić information content (AvgIpc) is 2.89. The fourth-order valence-corrected chi connectivity index (χ4v) is 3.35. The van der Waals surface area contributed by atoms with Crippen LogP contribution in [0.25, 0.3) is 10.2 Å². The molecule has 1 unspecified atom stereocenters. The molecule has 0 amide bonds. The molecule has 2 aromatic carbocycles. The van der Waals surface area contributed by atoms with Crippen molar-refractivity contribution in [1.29, 1.82) is 0 Å². The molecule has 0 aliphatic carbocycles. The summed E-state index contributed by atoms with van der Waals surface area (Å²) in [4.78, 5) is 4.63. The van der Waals surface area contributed by atoms with Crippen molar-refractivity contribution in [2.75, 3.05) is 0 Å². The summed E-state index contributed by atoms with van der Waals surface area (Å²) in [6.45, 7) is 2.04. The second-order valence-corrected chi connectivity index (χ2v) is 6.17. The maximum absolute atomic E-state index is 9.53. The lowest BCUT2D eigenvalue weighted by molar-refractivity contribution is 0.403. The van der Waals surface area contributed by atoms with E-state index in [4.69, 9.17) is 5.73 Å². The molecule has 0 saturated heterocycles. The Morgan fingerprint density at radius 1 is 1.19 bits per heavy atom. The van der Waals surface area contributed by atoms with E-state index in [9.17, 15) is 10.2 Å². The summed E-state index contributed by atoms with van der Waals surface area (Å²) in [7, 11) is 0. The van der Waals surface area contributed by atoms with E-state index in [1.807, 2.05) is 25.1 Å². The van der Waals surface area contributed by atoms with Gasteiger partial charge in [0, 0.05) is 0 Å². The second kappa shape index (κ2) is 5.35. The highest BCUT2D eigenvalue weighted by Crippen LogP contribution is 2.30. The van der Waals surface area contributed by atoms with Crippen LogP contribution in [0.4, 0.5) is 0 Å². The zero-order valence-electron chi connectivity index (χ0n) is 11.6. The summed E-state index contributed by atoms with van der Waals surface area (Å²) in [5, 5.41) is 19.7. The molecule has 1 atom stereocenters.